The van der Waals surface area contributed by atoms with Gasteiger partial charge in [-0.05, 0) is 17.7 Å². The smallest absolute Gasteiger partial charge is 0.0659 e. The van der Waals surface area contributed by atoms with Gasteiger partial charge in [-0.2, -0.15) is 10.4 Å². The number of anilines is 1. The highest BCUT2D eigenvalue weighted by atomic mass is 16.5. The fourth-order valence-corrected chi connectivity index (χ4v) is 1.98. The topological polar surface area (TPSA) is 51.9 Å². The van der Waals surface area contributed by atoms with Crippen molar-refractivity contribution in [3.8, 4) is 6.07 Å². The quantitative estimate of drug-likeness (QED) is 0.766. The van der Waals surface area contributed by atoms with E-state index in [0.717, 1.165) is 44.1 Å². The van der Waals surface area contributed by atoms with Crippen LogP contribution in [-0.2, 0) is 4.74 Å². The fraction of sp³-hybridized carbons (Fsp3) is 0.467. The predicted octanol–water partition coefficient (Wildman–Crippen LogP) is 1.70. The summed E-state index contributed by atoms with van der Waals surface area (Å²) in [5.41, 5.74) is 2.19. The molecule has 5 heteroatoms. The van der Waals surface area contributed by atoms with Crippen molar-refractivity contribution in [3.63, 3.8) is 0 Å². The van der Waals surface area contributed by atoms with E-state index in [1.54, 1.807) is 0 Å². The Morgan fingerprint density at radius 1 is 1.35 bits per heavy atom. The van der Waals surface area contributed by atoms with Gasteiger partial charge in [0, 0.05) is 19.3 Å². The number of ether oxygens (including phenoxy) is 1. The molecule has 0 aliphatic carbocycles. The zero-order valence-electron chi connectivity index (χ0n) is 11.8. The Kier molecular flexibility index (Phi) is 5.39. The van der Waals surface area contributed by atoms with Crippen molar-refractivity contribution < 1.29 is 4.74 Å². The number of hydrogen-bond donors (Lipinski definition) is 0. The van der Waals surface area contributed by atoms with Gasteiger partial charge in [-0.15, -0.1) is 0 Å². The molecule has 2 rings (SSSR count). The molecule has 0 atom stereocenters. The van der Waals surface area contributed by atoms with Gasteiger partial charge in [-0.1, -0.05) is 12.1 Å². The summed E-state index contributed by atoms with van der Waals surface area (Å²) in [7, 11) is 1.99. The van der Waals surface area contributed by atoms with Gasteiger partial charge in [-0.25, -0.2) is 0 Å². The Hall–Kier alpha value is -2.06. The number of hydrogen-bond acceptors (Lipinski definition) is 5. The molecular weight excluding hydrogens is 252 g/mol. The number of morpholine rings is 1. The van der Waals surface area contributed by atoms with Crippen molar-refractivity contribution in [1.29, 1.82) is 5.26 Å². The molecule has 1 heterocycles. The van der Waals surface area contributed by atoms with Crippen molar-refractivity contribution in [2.75, 3.05) is 44.8 Å². The molecule has 0 amide bonds. The van der Waals surface area contributed by atoms with Gasteiger partial charge in [0.1, 0.15) is 0 Å². The monoisotopic (exact) mass is 272 g/mol. The third kappa shape index (κ3) is 4.25. The van der Waals surface area contributed by atoms with Gasteiger partial charge in [0.15, 0.2) is 0 Å². The van der Waals surface area contributed by atoms with E-state index < -0.39 is 0 Å². The molecule has 5 nitrogen and oxygen atoms in total. The molecule has 0 bridgehead atoms. The highest BCUT2D eigenvalue weighted by Gasteiger charge is 2.06. The number of hydrazone groups is 1. The summed E-state index contributed by atoms with van der Waals surface area (Å²) in [5, 5.41) is 15.1. The highest BCUT2D eigenvalue weighted by Crippen LogP contribution is 2.13. The number of nitrogens with zero attached hydrogens (tertiary/aromatic N) is 4. The Morgan fingerprint density at radius 3 is 2.70 bits per heavy atom. The zero-order chi connectivity index (χ0) is 14.2. The van der Waals surface area contributed by atoms with Crippen LogP contribution in [0, 0.1) is 11.3 Å². The number of benzene rings is 1. The average Bonchev–Trinajstić information content (AvgIpc) is 2.52. The number of rotatable bonds is 5. The molecule has 1 aromatic rings. The Bertz CT molecular complexity index is 472. The minimum atomic E-state index is 0.538. The summed E-state index contributed by atoms with van der Waals surface area (Å²) in [6, 6.07) is 10.4. The van der Waals surface area contributed by atoms with E-state index in [-0.39, 0.29) is 0 Å². The van der Waals surface area contributed by atoms with Crippen LogP contribution >= 0.6 is 0 Å². The van der Waals surface area contributed by atoms with Crippen molar-refractivity contribution in [2.24, 2.45) is 5.10 Å². The normalized spacial score (nSPS) is 15.3. The first-order valence-corrected chi connectivity index (χ1v) is 6.84. The third-order valence-electron chi connectivity index (χ3n) is 3.25. The van der Waals surface area contributed by atoms with E-state index in [1.165, 1.54) is 0 Å². The lowest BCUT2D eigenvalue weighted by Gasteiger charge is -2.23. The van der Waals surface area contributed by atoms with Crippen LogP contribution < -0.4 is 4.90 Å². The van der Waals surface area contributed by atoms with Crippen LogP contribution in [0.25, 0.3) is 0 Å². The second kappa shape index (κ2) is 7.51. The lowest BCUT2D eigenvalue weighted by molar-refractivity contribution is 0.0397. The van der Waals surface area contributed by atoms with Gasteiger partial charge in [0.05, 0.1) is 45.0 Å². The van der Waals surface area contributed by atoms with Crippen molar-refractivity contribution >= 4 is 11.9 Å². The second-order valence-electron chi connectivity index (χ2n) is 4.73. The summed E-state index contributed by atoms with van der Waals surface area (Å²) in [6.45, 7) is 3.95. The summed E-state index contributed by atoms with van der Waals surface area (Å²) in [6.07, 6.45) is 2.42. The van der Waals surface area contributed by atoms with E-state index in [0.29, 0.717) is 6.42 Å². The van der Waals surface area contributed by atoms with Gasteiger partial charge in [0.25, 0.3) is 0 Å². The number of nitriles is 1. The van der Waals surface area contributed by atoms with Crippen LogP contribution in [0.15, 0.2) is 29.4 Å². The van der Waals surface area contributed by atoms with E-state index in [1.807, 2.05) is 30.4 Å². The van der Waals surface area contributed by atoms with E-state index in [2.05, 4.69) is 28.2 Å². The van der Waals surface area contributed by atoms with Crippen LogP contribution in [0.1, 0.15) is 12.0 Å². The maximum Gasteiger partial charge on any atom is 0.0659 e. The second-order valence-corrected chi connectivity index (χ2v) is 4.73. The first kappa shape index (κ1) is 14.4. The van der Waals surface area contributed by atoms with Crippen LogP contribution in [0.3, 0.4) is 0 Å². The van der Waals surface area contributed by atoms with Gasteiger partial charge < -0.3 is 9.64 Å². The molecule has 0 aromatic heterocycles. The van der Waals surface area contributed by atoms with Crippen LogP contribution in [0.4, 0.5) is 5.69 Å². The molecule has 0 unspecified atom stereocenters. The molecule has 106 valence electrons. The minimum Gasteiger partial charge on any atom is -0.378 e. The van der Waals surface area contributed by atoms with Gasteiger partial charge >= 0.3 is 0 Å². The lowest BCUT2D eigenvalue weighted by Crippen LogP contribution is -2.32. The summed E-state index contributed by atoms with van der Waals surface area (Å²) in [4.78, 5) is 2.08. The van der Waals surface area contributed by atoms with Gasteiger partial charge in [0.2, 0.25) is 0 Å². The standard InChI is InChI=1S/C15H20N4O/c1-18(8-2-7-16)15-5-3-14(4-6-15)13-17-19-9-11-20-12-10-19/h3-6,13H,2,8-12H2,1H3/b17-13-. The first-order valence-electron chi connectivity index (χ1n) is 6.84. The molecule has 0 spiro atoms. The summed E-state index contributed by atoms with van der Waals surface area (Å²) >= 11 is 0. The first-order chi connectivity index (χ1) is 9.79. The summed E-state index contributed by atoms with van der Waals surface area (Å²) in [5.74, 6) is 0. The molecule has 1 fully saturated rings. The highest BCUT2D eigenvalue weighted by molar-refractivity contribution is 5.80. The molecule has 20 heavy (non-hydrogen) atoms. The molecule has 0 saturated carbocycles. The van der Waals surface area contributed by atoms with E-state index in [4.69, 9.17) is 10.00 Å². The molecule has 0 N–H and O–H groups in total. The van der Waals surface area contributed by atoms with Crippen LogP contribution in [-0.4, -0.2) is 51.1 Å². The average molecular weight is 272 g/mol. The van der Waals surface area contributed by atoms with E-state index in [9.17, 15) is 0 Å². The molecule has 1 saturated heterocycles. The fourth-order valence-electron chi connectivity index (χ4n) is 1.98. The summed E-state index contributed by atoms with van der Waals surface area (Å²) < 4.78 is 5.28. The molecule has 0 radical (unpaired) electrons. The molecule has 1 aliphatic heterocycles. The van der Waals surface area contributed by atoms with Crippen molar-refractivity contribution in [3.05, 3.63) is 29.8 Å². The maximum absolute atomic E-state index is 8.59. The molecule has 1 aliphatic rings. The lowest BCUT2D eigenvalue weighted by atomic mass is 10.2. The Balaban J connectivity index is 1.90. The SMILES string of the molecule is CN(CCC#N)c1ccc(/C=N\N2CCOCC2)cc1. The Morgan fingerprint density at radius 2 is 2.05 bits per heavy atom. The zero-order valence-corrected chi connectivity index (χ0v) is 11.8. The van der Waals surface area contributed by atoms with Crippen LogP contribution in [0.5, 0.6) is 0 Å². The molecular formula is C15H20N4O. The Labute approximate surface area is 120 Å². The molecule has 1 aromatic carbocycles. The van der Waals surface area contributed by atoms with Crippen molar-refractivity contribution in [1.82, 2.24) is 5.01 Å². The maximum atomic E-state index is 8.59. The minimum absolute atomic E-state index is 0.538. The third-order valence-corrected chi connectivity index (χ3v) is 3.25. The van der Waals surface area contributed by atoms with Gasteiger partial charge in [-0.3, -0.25) is 5.01 Å². The largest absolute Gasteiger partial charge is 0.378 e. The van der Waals surface area contributed by atoms with Crippen molar-refractivity contribution in [2.45, 2.75) is 6.42 Å². The van der Waals surface area contributed by atoms with Crippen LogP contribution in [0.2, 0.25) is 0 Å². The predicted molar refractivity (Wildman–Crippen MR) is 79.9 cm³/mol. The van der Waals surface area contributed by atoms with E-state index >= 15 is 0 Å².